The minimum Gasteiger partial charge on any atom is -0.272 e. The molecule has 2 aromatic rings. The molecular weight excluding hydrogens is 328 g/mol. The molecule has 0 unspecified atom stereocenters. The minimum atomic E-state index is -3.72. The zero-order chi connectivity index (χ0) is 17.6. The third-order valence-corrected chi connectivity index (χ3v) is 4.99. The van der Waals surface area contributed by atoms with Crippen LogP contribution in [0.5, 0.6) is 0 Å². The Kier molecular flexibility index (Phi) is 5.78. The van der Waals surface area contributed by atoms with E-state index < -0.39 is 15.9 Å². The van der Waals surface area contributed by atoms with Crippen LogP contribution in [0, 0.1) is 6.92 Å². The zero-order valence-corrected chi connectivity index (χ0v) is 14.2. The van der Waals surface area contributed by atoms with Crippen molar-refractivity contribution in [3.8, 4) is 0 Å². The van der Waals surface area contributed by atoms with Crippen LogP contribution in [0.1, 0.15) is 11.3 Å². The Labute approximate surface area is 141 Å². The molecule has 1 heterocycles. The number of nitrogens with one attached hydrogen (secondary N) is 1. The second-order valence-corrected chi connectivity index (χ2v) is 7.17. The molecular formula is C16H18N4O3S. The maximum atomic E-state index is 12.4. The summed E-state index contributed by atoms with van der Waals surface area (Å²) >= 11 is 0. The fourth-order valence-electron chi connectivity index (χ4n) is 1.84. The van der Waals surface area contributed by atoms with E-state index in [1.165, 1.54) is 25.4 Å². The van der Waals surface area contributed by atoms with Gasteiger partial charge in [0.1, 0.15) is 0 Å². The molecule has 1 aromatic carbocycles. The average Bonchev–Trinajstić information content (AvgIpc) is 2.56. The lowest BCUT2D eigenvalue weighted by molar-refractivity contribution is -0.121. The Balaban J connectivity index is 1.95. The fourth-order valence-corrected chi connectivity index (χ4v) is 2.96. The SMILES string of the molecule is Cc1ccc(S(=O)(=O)N(C)CC(=O)N/N=C/c2ccccn2)cc1. The molecule has 0 fully saturated rings. The molecule has 0 aliphatic carbocycles. The van der Waals surface area contributed by atoms with Gasteiger partial charge in [-0.1, -0.05) is 23.8 Å². The highest BCUT2D eigenvalue weighted by Gasteiger charge is 2.22. The number of likely N-dealkylation sites (N-methyl/N-ethyl adjacent to an activating group) is 1. The van der Waals surface area contributed by atoms with Gasteiger partial charge >= 0.3 is 0 Å². The fraction of sp³-hybridized carbons (Fsp3) is 0.188. The van der Waals surface area contributed by atoms with E-state index in [0.717, 1.165) is 9.87 Å². The Morgan fingerprint density at radius 2 is 1.96 bits per heavy atom. The standard InChI is InChI=1S/C16H18N4O3S/c1-13-6-8-15(9-7-13)24(22,23)20(2)12-16(21)19-18-11-14-5-3-4-10-17-14/h3-11H,12H2,1-2H3,(H,19,21)/b18-11+. The van der Waals surface area contributed by atoms with Gasteiger partial charge in [0.25, 0.3) is 5.91 Å². The number of benzene rings is 1. The van der Waals surface area contributed by atoms with Crippen LogP contribution >= 0.6 is 0 Å². The smallest absolute Gasteiger partial charge is 0.255 e. The van der Waals surface area contributed by atoms with Gasteiger partial charge in [-0.25, -0.2) is 13.8 Å². The summed E-state index contributed by atoms with van der Waals surface area (Å²) in [7, 11) is -2.38. The van der Waals surface area contributed by atoms with E-state index >= 15 is 0 Å². The summed E-state index contributed by atoms with van der Waals surface area (Å²) in [6.45, 7) is 1.53. The molecule has 0 bridgehead atoms. The topological polar surface area (TPSA) is 91.7 Å². The number of aromatic nitrogens is 1. The van der Waals surface area contributed by atoms with Crippen LogP contribution in [0.4, 0.5) is 0 Å². The van der Waals surface area contributed by atoms with Gasteiger partial charge in [0.05, 0.1) is 23.3 Å². The van der Waals surface area contributed by atoms with Crippen molar-refractivity contribution in [2.24, 2.45) is 5.10 Å². The zero-order valence-electron chi connectivity index (χ0n) is 13.4. The van der Waals surface area contributed by atoms with Crippen molar-refractivity contribution in [1.29, 1.82) is 0 Å². The van der Waals surface area contributed by atoms with Crippen molar-refractivity contribution in [1.82, 2.24) is 14.7 Å². The predicted molar refractivity (Wildman–Crippen MR) is 91.0 cm³/mol. The van der Waals surface area contributed by atoms with Crippen molar-refractivity contribution in [2.45, 2.75) is 11.8 Å². The molecule has 7 nitrogen and oxygen atoms in total. The number of nitrogens with zero attached hydrogens (tertiary/aromatic N) is 3. The van der Waals surface area contributed by atoms with E-state index in [2.05, 4.69) is 15.5 Å². The predicted octanol–water partition coefficient (Wildman–Crippen LogP) is 1.16. The van der Waals surface area contributed by atoms with Crippen LogP contribution in [0.15, 0.2) is 58.7 Å². The van der Waals surface area contributed by atoms with Gasteiger partial charge in [-0.3, -0.25) is 9.78 Å². The van der Waals surface area contributed by atoms with Gasteiger partial charge < -0.3 is 0 Å². The number of pyridine rings is 1. The van der Waals surface area contributed by atoms with Crippen LogP contribution in [-0.4, -0.2) is 43.4 Å². The number of hydrogen-bond acceptors (Lipinski definition) is 5. The Morgan fingerprint density at radius 3 is 2.58 bits per heavy atom. The second-order valence-electron chi connectivity index (χ2n) is 5.12. The van der Waals surface area contributed by atoms with Crippen LogP contribution in [0.25, 0.3) is 0 Å². The number of carbonyl (C=O) groups is 1. The molecule has 2 rings (SSSR count). The molecule has 1 N–H and O–H groups in total. The van der Waals surface area contributed by atoms with Crippen molar-refractivity contribution in [3.63, 3.8) is 0 Å². The first-order valence-corrected chi connectivity index (χ1v) is 8.59. The molecule has 24 heavy (non-hydrogen) atoms. The van der Waals surface area contributed by atoms with Gasteiger partial charge in [0.15, 0.2) is 0 Å². The number of rotatable bonds is 6. The molecule has 0 saturated carbocycles. The van der Waals surface area contributed by atoms with E-state index in [1.807, 2.05) is 6.92 Å². The summed E-state index contributed by atoms with van der Waals surface area (Å²) in [5.74, 6) is -0.541. The Bertz CT molecular complexity index is 818. The van der Waals surface area contributed by atoms with Crippen molar-refractivity contribution < 1.29 is 13.2 Å². The summed E-state index contributed by atoms with van der Waals surface area (Å²) in [6.07, 6.45) is 2.98. The Hall–Kier alpha value is -2.58. The van der Waals surface area contributed by atoms with Gasteiger partial charge in [0, 0.05) is 13.2 Å². The van der Waals surface area contributed by atoms with Gasteiger partial charge in [0.2, 0.25) is 10.0 Å². The van der Waals surface area contributed by atoms with Gasteiger partial charge in [-0.05, 0) is 31.2 Å². The number of carbonyl (C=O) groups excluding carboxylic acids is 1. The lowest BCUT2D eigenvalue weighted by Gasteiger charge is -2.16. The maximum Gasteiger partial charge on any atom is 0.255 e. The van der Waals surface area contributed by atoms with Crippen LogP contribution in [0.2, 0.25) is 0 Å². The third-order valence-electron chi connectivity index (χ3n) is 3.17. The normalized spacial score (nSPS) is 11.8. The van der Waals surface area contributed by atoms with Crippen LogP contribution in [-0.2, 0) is 14.8 Å². The molecule has 8 heteroatoms. The molecule has 0 aliphatic rings. The molecule has 0 atom stereocenters. The summed E-state index contributed by atoms with van der Waals surface area (Å²) in [6, 6.07) is 11.7. The number of hydrazone groups is 1. The molecule has 126 valence electrons. The quantitative estimate of drug-likeness (QED) is 0.628. The summed E-state index contributed by atoms with van der Waals surface area (Å²) in [4.78, 5) is 16.0. The van der Waals surface area contributed by atoms with Crippen molar-refractivity contribution >= 4 is 22.1 Å². The van der Waals surface area contributed by atoms with Gasteiger partial charge in [-0.15, -0.1) is 0 Å². The summed E-state index contributed by atoms with van der Waals surface area (Å²) in [5.41, 5.74) is 3.82. The van der Waals surface area contributed by atoms with Crippen LogP contribution < -0.4 is 5.43 Å². The first-order chi connectivity index (χ1) is 11.4. The third kappa shape index (κ3) is 4.71. The van der Waals surface area contributed by atoms with E-state index in [-0.39, 0.29) is 11.4 Å². The minimum absolute atomic E-state index is 0.139. The van der Waals surface area contributed by atoms with E-state index in [1.54, 1.807) is 36.5 Å². The highest BCUT2D eigenvalue weighted by molar-refractivity contribution is 7.89. The highest BCUT2D eigenvalue weighted by Crippen LogP contribution is 2.14. The molecule has 0 saturated heterocycles. The summed E-state index contributed by atoms with van der Waals surface area (Å²) < 4.78 is 25.7. The number of aryl methyl sites for hydroxylation is 1. The first-order valence-electron chi connectivity index (χ1n) is 7.15. The van der Waals surface area contributed by atoms with E-state index in [4.69, 9.17) is 0 Å². The maximum absolute atomic E-state index is 12.4. The molecule has 0 spiro atoms. The lowest BCUT2D eigenvalue weighted by atomic mass is 10.2. The highest BCUT2D eigenvalue weighted by atomic mass is 32.2. The lowest BCUT2D eigenvalue weighted by Crippen LogP contribution is -2.36. The Morgan fingerprint density at radius 1 is 1.25 bits per heavy atom. The number of sulfonamides is 1. The van der Waals surface area contributed by atoms with Gasteiger partial charge in [-0.2, -0.15) is 9.41 Å². The first kappa shape index (κ1) is 17.8. The van der Waals surface area contributed by atoms with E-state index in [9.17, 15) is 13.2 Å². The summed E-state index contributed by atoms with van der Waals surface area (Å²) in [5, 5.41) is 3.75. The molecule has 1 aromatic heterocycles. The largest absolute Gasteiger partial charge is 0.272 e. The van der Waals surface area contributed by atoms with Crippen molar-refractivity contribution in [2.75, 3.05) is 13.6 Å². The number of amides is 1. The molecule has 0 radical (unpaired) electrons. The molecule has 1 amide bonds. The molecule has 0 aliphatic heterocycles. The van der Waals surface area contributed by atoms with Crippen molar-refractivity contribution in [3.05, 3.63) is 59.9 Å². The second kappa shape index (κ2) is 7.80. The monoisotopic (exact) mass is 346 g/mol. The average molecular weight is 346 g/mol. The van der Waals surface area contributed by atoms with Crippen LogP contribution in [0.3, 0.4) is 0 Å². The van der Waals surface area contributed by atoms with E-state index in [0.29, 0.717) is 5.69 Å². The number of hydrogen-bond donors (Lipinski definition) is 1.